The fourth-order valence-electron chi connectivity index (χ4n) is 1.60. The molecule has 5 nitrogen and oxygen atoms in total. The van der Waals surface area contributed by atoms with Gasteiger partial charge in [0.05, 0.1) is 19.6 Å². The number of esters is 1. The Hall–Kier alpha value is -0.830. The zero-order chi connectivity index (χ0) is 14.8. The Morgan fingerprint density at radius 1 is 1.48 bits per heavy atom. The van der Waals surface area contributed by atoms with Gasteiger partial charge in [-0.1, -0.05) is 13.0 Å². The highest BCUT2D eigenvalue weighted by molar-refractivity contribution is 14.0. The summed E-state index contributed by atoms with van der Waals surface area (Å²) in [6.07, 6.45) is 0.967. The first-order valence-electron chi connectivity index (χ1n) is 6.79. The smallest absolute Gasteiger partial charge is 0.310 e. The van der Waals surface area contributed by atoms with Gasteiger partial charge in [0.25, 0.3) is 0 Å². The molecule has 120 valence electrons. The lowest BCUT2D eigenvalue weighted by atomic mass is 10.2. The first-order valence-corrected chi connectivity index (χ1v) is 7.67. The predicted molar refractivity (Wildman–Crippen MR) is 98.6 cm³/mol. The molecule has 0 saturated heterocycles. The third-order valence-electron chi connectivity index (χ3n) is 2.71. The summed E-state index contributed by atoms with van der Waals surface area (Å²) in [4.78, 5) is 17.1. The van der Waals surface area contributed by atoms with Crippen LogP contribution in [0.2, 0.25) is 0 Å². The molecule has 1 aromatic rings. The average Bonchev–Trinajstić information content (AvgIpc) is 2.96. The van der Waals surface area contributed by atoms with Crippen LogP contribution in [-0.2, 0) is 16.0 Å². The molecule has 1 aromatic heterocycles. The molecule has 0 aliphatic rings. The fraction of sp³-hybridized carbons (Fsp3) is 0.571. The van der Waals surface area contributed by atoms with Crippen molar-refractivity contribution in [3.63, 3.8) is 0 Å². The summed E-state index contributed by atoms with van der Waals surface area (Å²) in [5, 5.41) is 8.51. The first kappa shape index (κ1) is 20.2. The Morgan fingerprint density at radius 3 is 2.81 bits per heavy atom. The maximum absolute atomic E-state index is 11.3. The number of thiophene rings is 1. The van der Waals surface area contributed by atoms with Gasteiger partial charge in [-0.15, -0.1) is 35.3 Å². The van der Waals surface area contributed by atoms with E-state index in [-0.39, 0.29) is 35.9 Å². The predicted octanol–water partition coefficient (Wildman–Crippen LogP) is 2.27. The molecular formula is C14H24IN3O2S. The molecule has 1 atom stereocenters. The molecule has 0 aliphatic carbocycles. The lowest BCUT2D eigenvalue weighted by Gasteiger charge is -2.12. The maximum atomic E-state index is 11.3. The SMILES string of the molecule is CCNC(=NCC(C)C(=O)OC)NCCc1cccs1.I. The van der Waals surface area contributed by atoms with Crippen molar-refractivity contribution in [1.29, 1.82) is 0 Å². The van der Waals surface area contributed by atoms with Crippen LogP contribution in [0.15, 0.2) is 22.5 Å². The van der Waals surface area contributed by atoms with Gasteiger partial charge in [0.1, 0.15) is 0 Å². The van der Waals surface area contributed by atoms with Crippen molar-refractivity contribution < 1.29 is 9.53 Å². The van der Waals surface area contributed by atoms with Crippen molar-refractivity contribution >= 4 is 47.2 Å². The number of nitrogens with zero attached hydrogens (tertiary/aromatic N) is 1. The number of nitrogens with one attached hydrogen (secondary N) is 2. The number of rotatable bonds is 7. The van der Waals surface area contributed by atoms with Crippen molar-refractivity contribution in [2.75, 3.05) is 26.7 Å². The molecule has 0 aliphatic heterocycles. The standard InChI is InChI=1S/C14H23N3O2S.HI/c1-4-15-14(17-10-11(2)13(18)19-3)16-8-7-12-6-5-9-20-12;/h5-6,9,11H,4,7-8,10H2,1-3H3,(H2,15,16,17);1H. The van der Waals surface area contributed by atoms with Gasteiger partial charge in [0.15, 0.2) is 5.96 Å². The van der Waals surface area contributed by atoms with Crippen LogP contribution >= 0.6 is 35.3 Å². The lowest BCUT2D eigenvalue weighted by molar-refractivity contribution is -0.144. The summed E-state index contributed by atoms with van der Waals surface area (Å²) in [6.45, 7) is 5.85. The summed E-state index contributed by atoms with van der Waals surface area (Å²) < 4.78 is 4.69. The number of aliphatic imine (C=N–C) groups is 1. The third kappa shape index (κ3) is 8.25. The number of carbonyl (C=O) groups is 1. The van der Waals surface area contributed by atoms with Gasteiger partial charge in [-0.25, -0.2) is 0 Å². The molecule has 1 heterocycles. The van der Waals surface area contributed by atoms with Crippen molar-refractivity contribution in [1.82, 2.24) is 10.6 Å². The lowest BCUT2D eigenvalue weighted by Crippen LogP contribution is -2.38. The first-order chi connectivity index (χ1) is 9.67. The second kappa shape index (κ2) is 11.8. The Labute approximate surface area is 147 Å². The van der Waals surface area contributed by atoms with Crippen molar-refractivity contribution in [3.05, 3.63) is 22.4 Å². The van der Waals surface area contributed by atoms with E-state index in [1.54, 1.807) is 11.3 Å². The summed E-state index contributed by atoms with van der Waals surface area (Å²) in [5.41, 5.74) is 0. The highest BCUT2D eigenvalue weighted by Crippen LogP contribution is 2.08. The molecule has 0 saturated carbocycles. The second-order valence-corrected chi connectivity index (χ2v) is 5.43. The Morgan fingerprint density at radius 2 is 2.24 bits per heavy atom. The fourth-order valence-corrected chi connectivity index (χ4v) is 2.31. The molecule has 0 fully saturated rings. The zero-order valence-electron chi connectivity index (χ0n) is 12.7. The minimum Gasteiger partial charge on any atom is -0.469 e. The number of halogens is 1. The van der Waals surface area contributed by atoms with Gasteiger partial charge in [-0.2, -0.15) is 0 Å². The van der Waals surface area contributed by atoms with Crippen LogP contribution < -0.4 is 10.6 Å². The Kier molecular flexibility index (Phi) is 11.3. The van der Waals surface area contributed by atoms with E-state index in [0.29, 0.717) is 6.54 Å². The van der Waals surface area contributed by atoms with E-state index < -0.39 is 0 Å². The van der Waals surface area contributed by atoms with Gasteiger partial charge in [0.2, 0.25) is 0 Å². The summed E-state index contributed by atoms with van der Waals surface area (Å²) >= 11 is 1.75. The number of hydrogen-bond donors (Lipinski definition) is 2. The quantitative estimate of drug-likeness (QED) is 0.305. The van der Waals surface area contributed by atoms with Crippen LogP contribution in [0.5, 0.6) is 0 Å². The summed E-state index contributed by atoms with van der Waals surface area (Å²) in [6, 6.07) is 4.17. The Bertz CT molecular complexity index is 424. The van der Waals surface area contributed by atoms with E-state index in [9.17, 15) is 4.79 Å². The number of hydrogen-bond acceptors (Lipinski definition) is 4. The van der Waals surface area contributed by atoms with E-state index >= 15 is 0 Å². The third-order valence-corrected chi connectivity index (χ3v) is 3.65. The van der Waals surface area contributed by atoms with Gasteiger partial charge in [-0.05, 0) is 24.8 Å². The summed E-state index contributed by atoms with van der Waals surface area (Å²) in [5.74, 6) is 0.274. The molecule has 0 spiro atoms. The van der Waals surface area contributed by atoms with E-state index in [1.165, 1.54) is 12.0 Å². The normalized spacial score (nSPS) is 12.2. The maximum Gasteiger partial charge on any atom is 0.310 e. The van der Waals surface area contributed by atoms with Gasteiger partial charge in [-0.3, -0.25) is 9.79 Å². The van der Waals surface area contributed by atoms with Gasteiger partial charge < -0.3 is 15.4 Å². The van der Waals surface area contributed by atoms with Crippen molar-refractivity contribution in [2.45, 2.75) is 20.3 Å². The molecule has 0 amide bonds. The van der Waals surface area contributed by atoms with Crippen molar-refractivity contribution in [2.24, 2.45) is 10.9 Å². The van der Waals surface area contributed by atoms with Crippen LogP contribution in [0, 0.1) is 5.92 Å². The van der Waals surface area contributed by atoms with Crippen LogP contribution in [-0.4, -0.2) is 38.7 Å². The van der Waals surface area contributed by atoms with Gasteiger partial charge >= 0.3 is 5.97 Å². The van der Waals surface area contributed by atoms with Crippen LogP contribution in [0.4, 0.5) is 0 Å². The van der Waals surface area contributed by atoms with Crippen LogP contribution in [0.25, 0.3) is 0 Å². The highest BCUT2D eigenvalue weighted by Gasteiger charge is 2.12. The van der Waals surface area contributed by atoms with E-state index in [0.717, 1.165) is 25.5 Å². The Balaban J connectivity index is 0.00000400. The molecule has 0 radical (unpaired) electrons. The highest BCUT2D eigenvalue weighted by atomic mass is 127. The minimum atomic E-state index is -0.233. The molecule has 2 N–H and O–H groups in total. The summed E-state index contributed by atoms with van der Waals surface area (Å²) in [7, 11) is 1.40. The second-order valence-electron chi connectivity index (χ2n) is 4.40. The number of ether oxygens (including phenoxy) is 1. The van der Waals surface area contributed by atoms with Crippen LogP contribution in [0.3, 0.4) is 0 Å². The topological polar surface area (TPSA) is 62.7 Å². The molecule has 1 unspecified atom stereocenters. The minimum absolute atomic E-state index is 0. The molecule has 21 heavy (non-hydrogen) atoms. The van der Waals surface area contributed by atoms with Crippen molar-refractivity contribution in [3.8, 4) is 0 Å². The van der Waals surface area contributed by atoms with E-state index in [2.05, 4.69) is 37.9 Å². The van der Waals surface area contributed by atoms with Gasteiger partial charge in [0, 0.05) is 18.0 Å². The molecule has 1 rings (SSSR count). The molecule has 0 bridgehead atoms. The monoisotopic (exact) mass is 425 g/mol. The number of guanidine groups is 1. The number of methoxy groups -OCH3 is 1. The molecular weight excluding hydrogens is 401 g/mol. The average molecular weight is 425 g/mol. The number of carbonyl (C=O) groups excluding carboxylic acids is 1. The molecule has 0 aromatic carbocycles. The van der Waals surface area contributed by atoms with E-state index in [4.69, 9.17) is 0 Å². The van der Waals surface area contributed by atoms with E-state index in [1.807, 2.05) is 13.8 Å². The largest absolute Gasteiger partial charge is 0.469 e. The van der Waals surface area contributed by atoms with Crippen LogP contribution in [0.1, 0.15) is 18.7 Å². The zero-order valence-corrected chi connectivity index (χ0v) is 15.9. The molecule has 7 heteroatoms.